The Morgan fingerprint density at radius 2 is 2.00 bits per heavy atom. The molecule has 0 aliphatic rings. The number of carbonyl (C=O) groups excluding carboxylic acids is 1. The van der Waals surface area contributed by atoms with Gasteiger partial charge in [-0.25, -0.2) is 0 Å². The lowest BCUT2D eigenvalue weighted by atomic mass is 10.0. The van der Waals surface area contributed by atoms with Crippen molar-refractivity contribution in [3.63, 3.8) is 0 Å². The van der Waals surface area contributed by atoms with E-state index in [0.29, 0.717) is 15.6 Å². The first kappa shape index (κ1) is 16.0. The van der Waals surface area contributed by atoms with Gasteiger partial charge < -0.3 is 0 Å². The average molecular weight is 297 g/mol. The van der Waals surface area contributed by atoms with Crippen LogP contribution in [0.4, 0.5) is 0 Å². The lowest BCUT2D eigenvalue weighted by Gasteiger charge is -2.01. The molecular formula is C16H18Cl2O. The SMILES string of the molecule is C=C(CCCCC)C(=O)C=Cc1ccc(Cl)c(Cl)c1. The van der Waals surface area contributed by atoms with E-state index in [1.54, 1.807) is 18.2 Å². The Morgan fingerprint density at radius 3 is 2.63 bits per heavy atom. The Kier molecular flexibility index (Phi) is 6.90. The van der Waals surface area contributed by atoms with Crippen molar-refractivity contribution >= 4 is 35.1 Å². The third kappa shape index (κ3) is 5.63. The molecule has 1 nitrogen and oxygen atoms in total. The molecule has 0 saturated carbocycles. The van der Waals surface area contributed by atoms with Crippen molar-refractivity contribution in [2.75, 3.05) is 0 Å². The summed E-state index contributed by atoms with van der Waals surface area (Å²) in [5.74, 6) is -0.0258. The maximum absolute atomic E-state index is 11.8. The van der Waals surface area contributed by atoms with Gasteiger partial charge in [-0.1, -0.05) is 61.7 Å². The quantitative estimate of drug-likeness (QED) is 0.465. The molecule has 1 aromatic rings. The van der Waals surface area contributed by atoms with Gasteiger partial charge in [0.15, 0.2) is 5.78 Å². The maximum atomic E-state index is 11.8. The van der Waals surface area contributed by atoms with Crippen molar-refractivity contribution < 1.29 is 4.79 Å². The molecule has 0 radical (unpaired) electrons. The summed E-state index contributed by atoms with van der Waals surface area (Å²) < 4.78 is 0. The molecule has 0 aliphatic carbocycles. The standard InChI is InChI=1S/C16H18Cl2O/c1-3-4-5-6-12(2)16(19)10-8-13-7-9-14(17)15(18)11-13/h7-11H,2-6H2,1H3. The highest BCUT2D eigenvalue weighted by Gasteiger charge is 2.03. The van der Waals surface area contributed by atoms with Crippen LogP contribution in [0, 0.1) is 0 Å². The molecule has 0 aliphatic heterocycles. The number of rotatable bonds is 7. The summed E-state index contributed by atoms with van der Waals surface area (Å²) in [4.78, 5) is 11.8. The maximum Gasteiger partial charge on any atom is 0.181 e. The van der Waals surface area contributed by atoms with Gasteiger partial charge in [-0.05, 0) is 42.2 Å². The number of hydrogen-bond donors (Lipinski definition) is 0. The predicted molar refractivity (Wildman–Crippen MR) is 83.8 cm³/mol. The second kappa shape index (κ2) is 8.19. The fourth-order valence-corrected chi connectivity index (χ4v) is 1.92. The van der Waals surface area contributed by atoms with Crippen LogP contribution in [0.25, 0.3) is 6.08 Å². The van der Waals surface area contributed by atoms with Crippen LogP contribution in [-0.2, 0) is 4.79 Å². The number of benzene rings is 1. The van der Waals surface area contributed by atoms with Gasteiger partial charge in [0.2, 0.25) is 0 Å². The van der Waals surface area contributed by atoms with E-state index in [-0.39, 0.29) is 5.78 Å². The molecule has 0 bridgehead atoms. The normalized spacial score (nSPS) is 10.9. The molecule has 3 heteroatoms. The molecule has 1 rings (SSSR count). The third-order valence-corrected chi connectivity index (χ3v) is 3.54. The van der Waals surface area contributed by atoms with E-state index in [1.165, 1.54) is 6.08 Å². The molecule has 0 N–H and O–H groups in total. The Hall–Kier alpha value is -1.05. The first-order chi connectivity index (χ1) is 9.04. The number of ketones is 1. The lowest BCUT2D eigenvalue weighted by Crippen LogP contribution is -1.96. The Balaban J connectivity index is 2.57. The molecule has 0 fully saturated rings. The molecule has 0 spiro atoms. The summed E-state index contributed by atoms with van der Waals surface area (Å²) in [7, 11) is 0. The van der Waals surface area contributed by atoms with Crippen molar-refractivity contribution in [2.45, 2.75) is 32.6 Å². The Morgan fingerprint density at radius 1 is 1.26 bits per heavy atom. The van der Waals surface area contributed by atoms with Crippen molar-refractivity contribution in [1.82, 2.24) is 0 Å². The number of unbranched alkanes of at least 4 members (excludes halogenated alkanes) is 2. The third-order valence-electron chi connectivity index (χ3n) is 2.80. The fourth-order valence-electron chi connectivity index (χ4n) is 1.62. The van der Waals surface area contributed by atoms with Gasteiger partial charge in [0.05, 0.1) is 10.0 Å². The summed E-state index contributed by atoms with van der Waals surface area (Å²) in [6.45, 7) is 5.96. The molecular weight excluding hydrogens is 279 g/mol. The van der Waals surface area contributed by atoms with E-state index < -0.39 is 0 Å². The number of hydrogen-bond acceptors (Lipinski definition) is 1. The lowest BCUT2D eigenvalue weighted by molar-refractivity contribution is -0.111. The first-order valence-corrected chi connectivity index (χ1v) is 7.15. The van der Waals surface area contributed by atoms with Crippen LogP contribution in [-0.4, -0.2) is 5.78 Å². The molecule has 0 aromatic heterocycles. The van der Waals surface area contributed by atoms with E-state index in [2.05, 4.69) is 13.5 Å². The molecule has 0 heterocycles. The minimum Gasteiger partial charge on any atom is -0.290 e. The minimum absolute atomic E-state index is 0.0258. The van der Waals surface area contributed by atoms with Gasteiger partial charge in [-0.2, -0.15) is 0 Å². The predicted octanol–water partition coefficient (Wildman–Crippen LogP) is 5.71. The zero-order valence-corrected chi connectivity index (χ0v) is 12.6. The van der Waals surface area contributed by atoms with Gasteiger partial charge >= 0.3 is 0 Å². The van der Waals surface area contributed by atoms with Crippen molar-refractivity contribution in [1.29, 1.82) is 0 Å². The monoisotopic (exact) mass is 296 g/mol. The van der Waals surface area contributed by atoms with Gasteiger partial charge in [-0.15, -0.1) is 0 Å². The second-order valence-electron chi connectivity index (χ2n) is 4.43. The van der Waals surface area contributed by atoms with Crippen LogP contribution >= 0.6 is 23.2 Å². The number of carbonyl (C=O) groups is 1. The largest absolute Gasteiger partial charge is 0.290 e. The molecule has 19 heavy (non-hydrogen) atoms. The molecule has 0 amide bonds. The summed E-state index contributed by atoms with van der Waals surface area (Å²) in [6.07, 6.45) is 7.31. The first-order valence-electron chi connectivity index (χ1n) is 6.40. The van der Waals surface area contributed by atoms with Crippen molar-refractivity contribution in [2.24, 2.45) is 0 Å². The highest BCUT2D eigenvalue weighted by molar-refractivity contribution is 6.42. The van der Waals surface area contributed by atoms with Crippen molar-refractivity contribution in [3.05, 3.63) is 52.0 Å². The summed E-state index contributed by atoms with van der Waals surface area (Å²) in [5, 5.41) is 0.993. The topological polar surface area (TPSA) is 17.1 Å². The second-order valence-corrected chi connectivity index (χ2v) is 5.25. The molecule has 0 saturated heterocycles. The number of allylic oxidation sites excluding steroid dienone is 2. The van der Waals surface area contributed by atoms with Gasteiger partial charge in [-0.3, -0.25) is 4.79 Å². The fraction of sp³-hybridized carbons (Fsp3) is 0.312. The van der Waals surface area contributed by atoms with Crippen LogP contribution in [0.2, 0.25) is 10.0 Å². The van der Waals surface area contributed by atoms with Crippen LogP contribution in [0.3, 0.4) is 0 Å². The van der Waals surface area contributed by atoms with Gasteiger partial charge in [0, 0.05) is 0 Å². The molecule has 102 valence electrons. The van der Waals surface area contributed by atoms with Crippen LogP contribution in [0.5, 0.6) is 0 Å². The van der Waals surface area contributed by atoms with Gasteiger partial charge in [0.25, 0.3) is 0 Å². The van der Waals surface area contributed by atoms with E-state index in [0.717, 1.165) is 31.2 Å². The zero-order chi connectivity index (χ0) is 14.3. The van der Waals surface area contributed by atoms with E-state index in [1.807, 2.05) is 6.07 Å². The summed E-state index contributed by atoms with van der Waals surface area (Å²) >= 11 is 11.7. The van der Waals surface area contributed by atoms with Crippen molar-refractivity contribution in [3.8, 4) is 0 Å². The van der Waals surface area contributed by atoms with Crippen LogP contribution in [0.1, 0.15) is 38.2 Å². The highest BCUT2D eigenvalue weighted by Crippen LogP contribution is 2.23. The van der Waals surface area contributed by atoms with E-state index in [9.17, 15) is 4.79 Å². The molecule has 1 aromatic carbocycles. The summed E-state index contributed by atoms with van der Waals surface area (Å²) in [5.41, 5.74) is 1.51. The molecule has 0 unspecified atom stereocenters. The van der Waals surface area contributed by atoms with Crippen LogP contribution in [0.15, 0.2) is 36.4 Å². The highest BCUT2D eigenvalue weighted by atomic mass is 35.5. The van der Waals surface area contributed by atoms with Gasteiger partial charge in [0.1, 0.15) is 0 Å². The Bertz CT molecular complexity index is 490. The Labute approximate surface area is 124 Å². The number of halogens is 2. The van der Waals surface area contributed by atoms with E-state index >= 15 is 0 Å². The molecule has 0 atom stereocenters. The average Bonchev–Trinajstić information content (AvgIpc) is 2.40. The zero-order valence-electron chi connectivity index (χ0n) is 11.1. The summed E-state index contributed by atoms with van der Waals surface area (Å²) in [6, 6.07) is 5.26. The smallest absolute Gasteiger partial charge is 0.181 e. The van der Waals surface area contributed by atoms with E-state index in [4.69, 9.17) is 23.2 Å². The minimum atomic E-state index is -0.0258. The van der Waals surface area contributed by atoms with Crippen LogP contribution < -0.4 is 0 Å².